The maximum absolute atomic E-state index is 13.5. The lowest BCUT2D eigenvalue weighted by Gasteiger charge is -2.18. The van der Waals surface area contributed by atoms with Crippen molar-refractivity contribution in [2.45, 2.75) is 44.8 Å². The number of aliphatic carboxylic acids is 1. The number of benzene rings is 2. The van der Waals surface area contributed by atoms with E-state index in [9.17, 15) is 22.7 Å². The van der Waals surface area contributed by atoms with Gasteiger partial charge in [0.1, 0.15) is 35.1 Å². The zero-order valence-electron chi connectivity index (χ0n) is 25.2. The number of hydrogen-bond acceptors (Lipinski definition) is 9. The predicted octanol–water partition coefficient (Wildman–Crippen LogP) is 6.66. The summed E-state index contributed by atoms with van der Waals surface area (Å²) in [5, 5.41) is 27.2. The van der Waals surface area contributed by atoms with Crippen LogP contribution in [0.15, 0.2) is 73.7 Å². The number of aromatic nitrogens is 6. The lowest BCUT2D eigenvalue weighted by atomic mass is 9.95. The van der Waals surface area contributed by atoms with E-state index >= 15 is 0 Å². The summed E-state index contributed by atoms with van der Waals surface area (Å²) in [5.74, 6) is -1.85. The molecule has 0 aliphatic heterocycles. The van der Waals surface area contributed by atoms with E-state index in [0.29, 0.717) is 29.7 Å². The zero-order chi connectivity index (χ0) is 34.7. The molecule has 1 aliphatic rings. The van der Waals surface area contributed by atoms with Crippen LogP contribution in [0.5, 0.6) is 5.75 Å². The highest BCUT2D eigenvalue weighted by molar-refractivity contribution is 7.22. The van der Waals surface area contributed by atoms with Gasteiger partial charge in [-0.15, -0.1) is 11.3 Å². The van der Waals surface area contributed by atoms with Gasteiger partial charge in [-0.25, -0.2) is 24.1 Å². The second-order valence-electron chi connectivity index (χ2n) is 10.9. The SMILES string of the molecule is O=C(O)C(F)(F)F.O[C@H](Cn1ccnc1)Cn1ncc2c1CCc1c-2sc2ncnc(Nc3ccc(OCc4cccc(F)c4)c(Cl)c3)c12. The molecule has 17 heteroatoms. The summed E-state index contributed by atoms with van der Waals surface area (Å²) in [6.07, 6.45) is 4.61. The number of fused-ring (bicyclic) bond motifs is 5. The second kappa shape index (κ2) is 14.2. The summed E-state index contributed by atoms with van der Waals surface area (Å²) in [6.45, 7) is 1.07. The average Bonchev–Trinajstić information content (AvgIpc) is 3.80. The van der Waals surface area contributed by atoms with Crippen LogP contribution in [0, 0.1) is 5.82 Å². The first-order chi connectivity index (χ1) is 23.5. The van der Waals surface area contributed by atoms with Gasteiger partial charge in [0.15, 0.2) is 0 Å². The van der Waals surface area contributed by atoms with Crippen LogP contribution in [0.1, 0.15) is 16.8 Å². The number of alkyl halides is 3. The number of ether oxygens (including phenoxy) is 1. The standard InChI is InChI=1S/C30H25ClFN7O2S.C2HF3O2/c31-24-11-20(4-7-26(24)41-15-18-2-1-3-19(32)10-18)37-29-27-22-5-6-25-23(28(22)42-30(27)35-16-34-29)12-36-39(25)14-21(40)13-38-9-8-33-17-38;3-2(4,5)1(6)7/h1-4,7-12,16-17,21,40H,5-6,13-15H2,(H,34,35,37);(H,6,7)/t21-;/m1./s1. The Bertz CT molecular complexity index is 2100. The highest BCUT2D eigenvalue weighted by Crippen LogP contribution is 2.45. The Morgan fingerprint density at radius 3 is 2.67 bits per heavy atom. The molecule has 49 heavy (non-hydrogen) atoms. The molecule has 0 amide bonds. The van der Waals surface area contributed by atoms with Crippen molar-refractivity contribution in [2.75, 3.05) is 5.32 Å². The molecule has 11 nitrogen and oxygen atoms in total. The molecular formula is C32H26ClF4N7O4S. The Hall–Kier alpha value is -5.06. The van der Waals surface area contributed by atoms with E-state index in [1.54, 1.807) is 54.5 Å². The fourth-order valence-corrected chi connectivity index (χ4v) is 6.78. The Morgan fingerprint density at radius 1 is 1.14 bits per heavy atom. The molecule has 0 saturated heterocycles. The van der Waals surface area contributed by atoms with Gasteiger partial charge in [-0.2, -0.15) is 18.3 Å². The van der Waals surface area contributed by atoms with E-state index < -0.39 is 18.2 Å². The number of carbonyl (C=O) groups is 1. The number of nitrogens with one attached hydrogen (secondary N) is 1. The number of halogens is 5. The van der Waals surface area contributed by atoms with E-state index in [1.165, 1.54) is 17.7 Å². The number of imidazole rings is 1. The molecule has 254 valence electrons. The van der Waals surface area contributed by atoms with Gasteiger partial charge >= 0.3 is 12.1 Å². The van der Waals surface area contributed by atoms with E-state index in [2.05, 4.69) is 25.4 Å². The number of carboxylic acid groups (broad SMARTS) is 1. The van der Waals surface area contributed by atoms with Gasteiger partial charge in [0.25, 0.3) is 0 Å². The molecule has 7 rings (SSSR count). The van der Waals surface area contributed by atoms with Crippen LogP contribution in [0.4, 0.5) is 29.1 Å². The van der Waals surface area contributed by atoms with Crippen molar-refractivity contribution < 1.29 is 37.3 Å². The highest BCUT2D eigenvalue weighted by Gasteiger charge is 2.38. The molecule has 0 bridgehead atoms. The highest BCUT2D eigenvalue weighted by atomic mass is 35.5. The van der Waals surface area contributed by atoms with Crippen molar-refractivity contribution in [3.05, 3.63) is 101 Å². The van der Waals surface area contributed by atoms with Crippen LogP contribution in [0.3, 0.4) is 0 Å². The molecule has 4 heterocycles. The molecular weight excluding hydrogens is 690 g/mol. The smallest absolute Gasteiger partial charge is 0.487 e. The van der Waals surface area contributed by atoms with Crippen LogP contribution in [0.25, 0.3) is 20.7 Å². The second-order valence-corrected chi connectivity index (χ2v) is 12.3. The molecule has 3 N–H and O–H groups in total. The minimum absolute atomic E-state index is 0.208. The Labute approximate surface area is 284 Å². The first-order valence-electron chi connectivity index (χ1n) is 14.7. The van der Waals surface area contributed by atoms with Gasteiger partial charge in [-0.05, 0) is 54.3 Å². The number of thiophene rings is 1. The van der Waals surface area contributed by atoms with Crippen molar-refractivity contribution in [3.63, 3.8) is 0 Å². The monoisotopic (exact) mass is 715 g/mol. The van der Waals surface area contributed by atoms with Gasteiger partial charge in [0, 0.05) is 34.2 Å². The molecule has 0 saturated carbocycles. The van der Waals surface area contributed by atoms with E-state index in [1.807, 2.05) is 27.7 Å². The fraction of sp³-hybridized carbons (Fsp3) is 0.219. The Morgan fingerprint density at radius 2 is 1.96 bits per heavy atom. The van der Waals surface area contributed by atoms with Crippen molar-refractivity contribution in [1.82, 2.24) is 29.3 Å². The summed E-state index contributed by atoms with van der Waals surface area (Å²) in [7, 11) is 0. The van der Waals surface area contributed by atoms with Gasteiger partial charge in [0.2, 0.25) is 0 Å². The van der Waals surface area contributed by atoms with Gasteiger partial charge in [0.05, 0.1) is 42.1 Å². The van der Waals surface area contributed by atoms with Gasteiger partial charge < -0.3 is 24.8 Å². The molecule has 0 unspecified atom stereocenters. The Balaban J connectivity index is 0.000000540. The topological polar surface area (TPSA) is 140 Å². The van der Waals surface area contributed by atoms with Crippen molar-refractivity contribution in [2.24, 2.45) is 0 Å². The maximum Gasteiger partial charge on any atom is 0.490 e. The third kappa shape index (κ3) is 7.82. The summed E-state index contributed by atoms with van der Waals surface area (Å²) >= 11 is 8.16. The third-order valence-electron chi connectivity index (χ3n) is 7.48. The van der Waals surface area contributed by atoms with E-state index in [4.69, 9.17) is 26.2 Å². The number of aryl methyl sites for hydroxylation is 1. The van der Waals surface area contributed by atoms with Crippen molar-refractivity contribution in [3.8, 4) is 16.2 Å². The molecule has 2 aromatic carbocycles. The number of hydrogen-bond donors (Lipinski definition) is 3. The van der Waals surface area contributed by atoms with Crippen molar-refractivity contribution >= 4 is 50.6 Å². The zero-order valence-corrected chi connectivity index (χ0v) is 26.8. The third-order valence-corrected chi connectivity index (χ3v) is 8.95. The summed E-state index contributed by atoms with van der Waals surface area (Å²) in [4.78, 5) is 24.1. The van der Waals surface area contributed by atoms with E-state index in [0.717, 1.165) is 50.4 Å². The lowest BCUT2D eigenvalue weighted by Crippen LogP contribution is -2.24. The number of carboxylic acids is 1. The van der Waals surface area contributed by atoms with Gasteiger partial charge in [-0.1, -0.05) is 23.7 Å². The first-order valence-corrected chi connectivity index (χ1v) is 15.8. The van der Waals surface area contributed by atoms with Gasteiger partial charge in [-0.3, -0.25) is 4.68 Å². The molecule has 1 atom stereocenters. The number of aliphatic hydroxyl groups is 1. The average molecular weight is 716 g/mol. The van der Waals surface area contributed by atoms with E-state index in [-0.39, 0.29) is 12.4 Å². The van der Waals surface area contributed by atoms with Crippen LogP contribution in [-0.4, -0.2) is 57.8 Å². The minimum atomic E-state index is -5.08. The Kier molecular flexibility index (Phi) is 9.80. The number of anilines is 2. The summed E-state index contributed by atoms with van der Waals surface area (Å²) in [6, 6.07) is 11.7. The number of nitrogens with zero attached hydrogens (tertiary/aromatic N) is 6. The largest absolute Gasteiger partial charge is 0.490 e. The molecule has 4 aromatic heterocycles. The normalized spacial score (nSPS) is 12.9. The molecule has 1 aliphatic carbocycles. The molecule has 0 fully saturated rings. The molecule has 0 radical (unpaired) electrons. The van der Waals surface area contributed by atoms with Crippen LogP contribution >= 0.6 is 22.9 Å². The first kappa shape index (κ1) is 33.8. The lowest BCUT2D eigenvalue weighted by molar-refractivity contribution is -0.192. The number of aliphatic hydroxyl groups excluding tert-OH is 1. The molecule has 6 aromatic rings. The number of rotatable bonds is 9. The molecule has 0 spiro atoms. The van der Waals surface area contributed by atoms with Crippen LogP contribution in [0.2, 0.25) is 5.02 Å². The predicted molar refractivity (Wildman–Crippen MR) is 173 cm³/mol. The van der Waals surface area contributed by atoms with Crippen LogP contribution in [-0.2, 0) is 37.3 Å². The van der Waals surface area contributed by atoms with Crippen LogP contribution < -0.4 is 10.1 Å². The quantitative estimate of drug-likeness (QED) is 0.140. The van der Waals surface area contributed by atoms with Crippen molar-refractivity contribution in [1.29, 1.82) is 0 Å². The summed E-state index contributed by atoms with van der Waals surface area (Å²) in [5.41, 5.74) is 4.85. The maximum atomic E-state index is 13.5. The fourth-order valence-electron chi connectivity index (χ4n) is 5.32. The summed E-state index contributed by atoms with van der Waals surface area (Å²) < 4.78 is 54.8. The minimum Gasteiger partial charge on any atom is -0.487 e.